The van der Waals surface area contributed by atoms with Crippen LogP contribution >= 0.6 is 0 Å². The van der Waals surface area contributed by atoms with E-state index in [4.69, 9.17) is 0 Å². The quantitative estimate of drug-likeness (QED) is 0.841. The van der Waals surface area contributed by atoms with E-state index in [0.29, 0.717) is 5.56 Å². The van der Waals surface area contributed by atoms with Gasteiger partial charge >= 0.3 is 0 Å². The fourth-order valence-corrected chi connectivity index (χ4v) is 1.39. The molecule has 1 N–H and O–H groups in total. The van der Waals surface area contributed by atoms with Gasteiger partial charge in [-0.25, -0.2) is 4.63 Å². The Morgan fingerprint density at radius 3 is 2.65 bits per heavy atom. The SMILES string of the molecule is CN(C)C(=O)c1nonc1-c1ccccc1O. The minimum absolute atomic E-state index is 0.0241. The molecule has 0 aliphatic rings. The van der Waals surface area contributed by atoms with E-state index in [0.717, 1.165) is 0 Å². The van der Waals surface area contributed by atoms with Crippen molar-refractivity contribution < 1.29 is 14.5 Å². The average molecular weight is 233 g/mol. The minimum Gasteiger partial charge on any atom is -0.507 e. The van der Waals surface area contributed by atoms with E-state index < -0.39 is 0 Å². The number of amides is 1. The number of para-hydroxylation sites is 1. The van der Waals surface area contributed by atoms with Crippen LogP contribution in [0.5, 0.6) is 5.75 Å². The van der Waals surface area contributed by atoms with Gasteiger partial charge in [0.2, 0.25) is 5.69 Å². The number of nitrogens with zero attached hydrogens (tertiary/aromatic N) is 3. The molecule has 0 saturated carbocycles. The predicted octanol–water partition coefficient (Wildman–Crippen LogP) is 1.14. The van der Waals surface area contributed by atoms with Gasteiger partial charge in [0, 0.05) is 19.7 Å². The molecule has 6 nitrogen and oxygen atoms in total. The second-order valence-corrected chi connectivity index (χ2v) is 3.68. The van der Waals surface area contributed by atoms with Crippen LogP contribution in [0.15, 0.2) is 28.9 Å². The standard InChI is InChI=1S/C11H11N3O3/c1-14(2)11(16)10-9(12-17-13-10)7-5-3-4-6-8(7)15/h3-6,15H,1-2H3. The summed E-state index contributed by atoms with van der Waals surface area (Å²) in [5.74, 6) is -0.305. The summed E-state index contributed by atoms with van der Waals surface area (Å²) in [5, 5.41) is 16.9. The summed E-state index contributed by atoms with van der Waals surface area (Å²) in [6.45, 7) is 0. The van der Waals surface area contributed by atoms with Crippen molar-refractivity contribution in [2.45, 2.75) is 0 Å². The van der Waals surface area contributed by atoms with Crippen LogP contribution in [0.2, 0.25) is 0 Å². The molecule has 0 aliphatic heterocycles. The number of aromatic nitrogens is 2. The first-order chi connectivity index (χ1) is 8.11. The fourth-order valence-electron chi connectivity index (χ4n) is 1.39. The Balaban J connectivity index is 2.52. The lowest BCUT2D eigenvalue weighted by Gasteiger charge is -2.08. The van der Waals surface area contributed by atoms with Crippen molar-refractivity contribution in [1.82, 2.24) is 15.2 Å². The first-order valence-corrected chi connectivity index (χ1v) is 4.94. The summed E-state index contributed by atoms with van der Waals surface area (Å²) >= 11 is 0. The van der Waals surface area contributed by atoms with E-state index in [1.54, 1.807) is 32.3 Å². The second kappa shape index (κ2) is 4.25. The number of rotatable bonds is 2. The van der Waals surface area contributed by atoms with Gasteiger partial charge in [0.05, 0.1) is 0 Å². The summed E-state index contributed by atoms with van der Waals surface area (Å²) in [6, 6.07) is 6.56. The number of benzene rings is 1. The molecule has 0 bridgehead atoms. The van der Waals surface area contributed by atoms with Gasteiger partial charge in [0.15, 0.2) is 5.69 Å². The van der Waals surface area contributed by atoms with Gasteiger partial charge < -0.3 is 10.0 Å². The van der Waals surface area contributed by atoms with Crippen LogP contribution in [0.4, 0.5) is 0 Å². The van der Waals surface area contributed by atoms with Crippen molar-refractivity contribution in [2.75, 3.05) is 14.1 Å². The normalized spacial score (nSPS) is 10.2. The third kappa shape index (κ3) is 1.96. The van der Waals surface area contributed by atoms with Crippen molar-refractivity contribution in [3.63, 3.8) is 0 Å². The van der Waals surface area contributed by atoms with Crippen LogP contribution in [0.1, 0.15) is 10.5 Å². The number of hydrogen-bond acceptors (Lipinski definition) is 5. The zero-order chi connectivity index (χ0) is 12.4. The van der Waals surface area contributed by atoms with Crippen molar-refractivity contribution in [1.29, 1.82) is 0 Å². The number of phenols is 1. The Morgan fingerprint density at radius 1 is 1.29 bits per heavy atom. The van der Waals surface area contributed by atoms with Gasteiger partial charge in [-0.2, -0.15) is 0 Å². The van der Waals surface area contributed by atoms with E-state index >= 15 is 0 Å². The maximum absolute atomic E-state index is 11.8. The summed E-state index contributed by atoms with van der Waals surface area (Å²) in [6.07, 6.45) is 0. The lowest BCUT2D eigenvalue weighted by Crippen LogP contribution is -2.22. The number of phenolic OH excluding ortho intramolecular Hbond substituents is 1. The summed E-state index contributed by atoms with van der Waals surface area (Å²) in [4.78, 5) is 13.2. The van der Waals surface area contributed by atoms with Gasteiger partial charge in [-0.05, 0) is 22.4 Å². The fraction of sp³-hybridized carbons (Fsp3) is 0.182. The van der Waals surface area contributed by atoms with E-state index in [9.17, 15) is 9.90 Å². The van der Waals surface area contributed by atoms with Crippen molar-refractivity contribution in [2.24, 2.45) is 0 Å². The molecule has 2 rings (SSSR count). The molecule has 1 aromatic carbocycles. The van der Waals surface area contributed by atoms with E-state index in [2.05, 4.69) is 14.9 Å². The largest absolute Gasteiger partial charge is 0.507 e. The highest BCUT2D eigenvalue weighted by atomic mass is 16.6. The maximum Gasteiger partial charge on any atom is 0.277 e. The molecule has 1 aromatic heterocycles. The van der Waals surface area contributed by atoms with E-state index in [1.165, 1.54) is 11.0 Å². The Labute approximate surface area is 97.4 Å². The van der Waals surface area contributed by atoms with Crippen LogP contribution < -0.4 is 0 Å². The second-order valence-electron chi connectivity index (χ2n) is 3.68. The molecule has 6 heteroatoms. The number of aromatic hydroxyl groups is 1. The van der Waals surface area contributed by atoms with Crippen LogP contribution in [-0.4, -0.2) is 40.3 Å². The summed E-state index contributed by atoms with van der Waals surface area (Å²) < 4.78 is 4.57. The monoisotopic (exact) mass is 233 g/mol. The molecule has 88 valence electrons. The Hall–Kier alpha value is -2.37. The minimum atomic E-state index is -0.329. The predicted molar refractivity (Wildman–Crippen MR) is 59.4 cm³/mol. The summed E-state index contributed by atoms with van der Waals surface area (Å²) in [7, 11) is 3.21. The highest BCUT2D eigenvalue weighted by molar-refractivity contribution is 5.98. The average Bonchev–Trinajstić information content (AvgIpc) is 2.77. The van der Waals surface area contributed by atoms with Crippen LogP contribution in [0.25, 0.3) is 11.3 Å². The van der Waals surface area contributed by atoms with Gasteiger partial charge in [-0.3, -0.25) is 4.79 Å². The number of hydrogen-bond donors (Lipinski definition) is 1. The number of carbonyl (C=O) groups excluding carboxylic acids is 1. The Kier molecular flexibility index (Phi) is 2.78. The topological polar surface area (TPSA) is 79.5 Å². The first kappa shape index (κ1) is 11.1. The molecule has 0 spiro atoms. The summed E-state index contributed by atoms with van der Waals surface area (Å²) in [5.41, 5.74) is 0.734. The third-order valence-electron chi connectivity index (χ3n) is 2.26. The molecule has 0 saturated heterocycles. The van der Waals surface area contributed by atoms with E-state index in [-0.39, 0.29) is 23.0 Å². The van der Waals surface area contributed by atoms with Crippen molar-refractivity contribution in [3.8, 4) is 17.0 Å². The third-order valence-corrected chi connectivity index (χ3v) is 2.26. The molecule has 0 fully saturated rings. The van der Waals surface area contributed by atoms with Crippen LogP contribution in [0, 0.1) is 0 Å². The smallest absolute Gasteiger partial charge is 0.277 e. The van der Waals surface area contributed by atoms with Crippen molar-refractivity contribution in [3.05, 3.63) is 30.0 Å². The zero-order valence-electron chi connectivity index (χ0n) is 9.41. The van der Waals surface area contributed by atoms with Gasteiger partial charge in [0.25, 0.3) is 5.91 Å². The Bertz CT molecular complexity index is 548. The molecular formula is C11H11N3O3. The van der Waals surface area contributed by atoms with Crippen molar-refractivity contribution >= 4 is 5.91 Å². The lowest BCUT2D eigenvalue weighted by atomic mass is 10.1. The zero-order valence-corrected chi connectivity index (χ0v) is 9.41. The molecule has 2 aromatic rings. The lowest BCUT2D eigenvalue weighted by molar-refractivity contribution is 0.0817. The molecule has 17 heavy (non-hydrogen) atoms. The molecule has 0 atom stereocenters. The van der Waals surface area contributed by atoms with Crippen LogP contribution in [0.3, 0.4) is 0 Å². The first-order valence-electron chi connectivity index (χ1n) is 4.94. The molecule has 1 amide bonds. The highest BCUT2D eigenvalue weighted by Gasteiger charge is 2.22. The Morgan fingerprint density at radius 2 is 2.00 bits per heavy atom. The van der Waals surface area contributed by atoms with Gasteiger partial charge in [-0.15, -0.1) is 0 Å². The number of carbonyl (C=O) groups is 1. The molecule has 0 unspecified atom stereocenters. The molecular weight excluding hydrogens is 222 g/mol. The highest BCUT2D eigenvalue weighted by Crippen LogP contribution is 2.29. The van der Waals surface area contributed by atoms with Crippen LogP contribution in [-0.2, 0) is 0 Å². The molecule has 0 radical (unpaired) electrons. The van der Waals surface area contributed by atoms with Gasteiger partial charge in [0.1, 0.15) is 5.75 Å². The van der Waals surface area contributed by atoms with E-state index in [1.807, 2.05) is 0 Å². The molecule has 1 heterocycles. The van der Waals surface area contributed by atoms with Gasteiger partial charge in [-0.1, -0.05) is 12.1 Å². The maximum atomic E-state index is 11.8. The molecule has 0 aliphatic carbocycles.